The molecule has 0 saturated carbocycles. The molecule has 6 rings (SSSR count). The number of carbonyl (C=O) groups is 1. The van der Waals surface area contributed by atoms with Gasteiger partial charge in [-0.3, -0.25) is 14.7 Å². The van der Waals surface area contributed by atoms with Crippen LogP contribution in [0.2, 0.25) is 0 Å². The van der Waals surface area contributed by atoms with Crippen LogP contribution in [0.5, 0.6) is 5.75 Å². The molecule has 0 radical (unpaired) electrons. The summed E-state index contributed by atoms with van der Waals surface area (Å²) in [6, 6.07) is 12.0. The van der Waals surface area contributed by atoms with Crippen LogP contribution in [0.4, 0.5) is 8.78 Å². The minimum atomic E-state index is -4.28. The van der Waals surface area contributed by atoms with Crippen molar-refractivity contribution in [3.05, 3.63) is 78.1 Å². The molecule has 0 unspecified atom stereocenters. The number of hydrogen-bond acceptors (Lipinski definition) is 7. The first-order chi connectivity index (χ1) is 20.1. The van der Waals surface area contributed by atoms with Crippen molar-refractivity contribution in [2.24, 2.45) is 0 Å². The van der Waals surface area contributed by atoms with E-state index in [4.69, 9.17) is 4.74 Å². The van der Waals surface area contributed by atoms with Gasteiger partial charge in [-0.15, -0.1) is 0 Å². The van der Waals surface area contributed by atoms with Gasteiger partial charge < -0.3 is 15.2 Å². The van der Waals surface area contributed by atoms with Crippen LogP contribution in [0.15, 0.2) is 65.7 Å². The minimum Gasteiger partial charge on any atom is -0.492 e. The van der Waals surface area contributed by atoms with E-state index in [0.717, 1.165) is 22.1 Å². The Morgan fingerprint density at radius 2 is 1.88 bits per heavy atom. The van der Waals surface area contributed by atoms with Crippen molar-refractivity contribution >= 4 is 15.9 Å². The van der Waals surface area contributed by atoms with Crippen LogP contribution in [-0.4, -0.2) is 77.5 Å². The lowest BCUT2D eigenvalue weighted by molar-refractivity contribution is -0.127. The summed E-state index contributed by atoms with van der Waals surface area (Å²) >= 11 is 0. The lowest BCUT2D eigenvalue weighted by atomic mass is 9.84. The molecular weight excluding hydrogens is 566 g/mol. The van der Waals surface area contributed by atoms with Crippen LogP contribution in [-0.2, 0) is 21.4 Å². The number of piperidine rings is 1. The molecule has 1 aromatic heterocycles. The van der Waals surface area contributed by atoms with Crippen LogP contribution in [0.25, 0.3) is 11.1 Å². The summed E-state index contributed by atoms with van der Waals surface area (Å²) in [5.41, 5.74) is 0.721. The lowest BCUT2D eigenvalue weighted by Crippen LogP contribution is -2.59. The SMILES string of the molecule is O=C1NC2(CCOc3cc(-c4ccc(F)cc4F)ccc3S(=O)(=O)N3C[C@H](O)C[C@@H]13)CCN(Cc1ccccn1)CC2. The van der Waals surface area contributed by atoms with Crippen LogP contribution in [0.3, 0.4) is 0 Å². The number of hydrogen-bond donors (Lipinski definition) is 2. The maximum Gasteiger partial charge on any atom is 0.247 e. The number of fused-ring (bicyclic) bond motifs is 2. The van der Waals surface area contributed by atoms with E-state index in [1.54, 1.807) is 6.20 Å². The number of carbonyl (C=O) groups excluding carboxylic acids is 1. The van der Waals surface area contributed by atoms with Crippen molar-refractivity contribution in [2.45, 2.75) is 54.8 Å². The van der Waals surface area contributed by atoms with Gasteiger partial charge in [0.05, 0.1) is 18.4 Å². The number of halogens is 2. The number of sulfonamides is 1. The van der Waals surface area contributed by atoms with Gasteiger partial charge in [0.1, 0.15) is 28.3 Å². The largest absolute Gasteiger partial charge is 0.492 e. The monoisotopic (exact) mass is 598 g/mol. The van der Waals surface area contributed by atoms with Gasteiger partial charge in [0.2, 0.25) is 15.9 Å². The fourth-order valence-electron chi connectivity index (χ4n) is 6.14. The van der Waals surface area contributed by atoms with E-state index in [1.165, 1.54) is 24.3 Å². The summed E-state index contributed by atoms with van der Waals surface area (Å²) in [7, 11) is -4.28. The molecule has 222 valence electrons. The van der Waals surface area contributed by atoms with Crippen LogP contribution in [0, 0.1) is 11.6 Å². The molecule has 4 heterocycles. The number of benzene rings is 2. The Balaban J connectivity index is 1.32. The molecule has 9 nitrogen and oxygen atoms in total. The highest BCUT2D eigenvalue weighted by atomic mass is 32.2. The van der Waals surface area contributed by atoms with Gasteiger partial charge in [0.25, 0.3) is 0 Å². The zero-order valence-corrected chi connectivity index (χ0v) is 23.7. The first-order valence-electron chi connectivity index (χ1n) is 14.0. The third-order valence-electron chi connectivity index (χ3n) is 8.46. The number of rotatable bonds is 3. The Bertz CT molecular complexity index is 1580. The maximum absolute atomic E-state index is 14.6. The summed E-state index contributed by atoms with van der Waals surface area (Å²) < 4.78 is 63.1. The second-order valence-corrected chi connectivity index (χ2v) is 13.1. The van der Waals surface area contributed by atoms with Crippen molar-refractivity contribution in [3.8, 4) is 16.9 Å². The number of pyridine rings is 1. The summed E-state index contributed by atoms with van der Waals surface area (Å²) in [6.45, 7) is 1.93. The molecule has 2 aromatic carbocycles. The second kappa shape index (κ2) is 11.3. The van der Waals surface area contributed by atoms with E-state index in [-0.39, 0.29) is 35.8 Å². The lowest BCUT2D eigenvalue weighted by Gasteiger charge is -2.43. The smallest absolute Gasteiger partial charge is 0.247 e. The molecule has 42 heavy (non-hydrogen) atoms. The van der Waals surface area contributed by atoms with Crippen molar-refractivity contribution in [1.82, 2.24) is 19.5 Å². The average Bonchev–Trinajstić information content (AvgIpc) is 3.37. The van der Waals surface area contributed by atoms with E-state index in [1.807, 2.05) is 18.2 Å². The molecule has 2 atom stereocenters. The van der Waals surface area contributed by atoms with Crippen molar-refractivity contribution < 1.29 is 31.8 Å². The van der Waals surface area contributed by atoms with E-state index in [2.05, 4.69) is 15.2 Å². The number of nitrogens with one attached hydrogen (secondary N) is 1. The van der Waals surface area contributed by atoms with Gasteiger partial charge >= 0.3 is 0 Å². The summed E-state index contributed by atoms with van der Waals surface area (Å²) in [6.07, 6.45) is 2.37. The van der Waals surface area contributed by atoms with Crippen LogP contribution < -0.4 is 10.1 Å². The van der Waals surface area contributed by atoms with Gasteiger partial charge in [-0.05, 0) is 54.8 Å². The number of amides is 1. The summed E-state index contributed by atoms with van der Waals surface area (Å²) in [5, 5.41) is 13.6. The molecular formula is C30H32F2N4O5S. The highest BCUT2D eigenvalue weighted by Crippen LogP contribution is 2.38. The first-order valence-corrected chi connectivity index (χ1v) is 15.4. The van der Waals surface area contributed by atoms with Crippen molar-refractivity contribution in [2.75, 3.05) is 26.2 Å². The van der Waals surface area contributed by atoms with Crippen molar-refractivity contribution in [1.29, 1.82) is 0 Å². The normalized spacial score (nSPS) is 24.2. The Morgan fingerprint density at radius 3 is 2.62 bits per heavy atom. The van der Waals surface area contributed by atoms with Gasteiger partial charge in [-0.25, -0.2) is 17.2 Å². The number of aliphatic hydroxyl groups is 1. The predicted molar refractivity (Wildman–Crippen MR) is 150 cm³/mol. The van der Waals surface area contributed by atoms with Crippen LogP contribution in [0.1, 0.15) is 31.4 Å². The molecule has 0 aliphatic carbocycles. The van der Waals surface area contributed by atoms with E-state index < -0.39 is 45.2 Å². The van der Waals surface area contributed by atoms with E-state index >= 15 is 0 Å². The molecule has 2 N–H and O–H groups in total. The van der Waals surface area contributed by atoms with E-state index in [9.17, 15) is 27.1 Å². The minimum absolute atomic E-state index is 0.00783. The molecule has 2 saturated heterocycles. The quantitative estimate of drug-likeness (QED) is 0.477. The van der Waals surface area contributed by atoms with Gasteiger partial charge in [-0.2, -0.15) is 4.31 Å². The summed E-state index contributed by atoms with van der Waals surface area (Å²) in [4.78, 5) is 20.1. The number of ether oxygens (including phenoxy) is 1. The number of aliphatic hydroxyl groups excluding tert-OH is 1. The van der Waals surface area contributed by atoms with Crippen LogP contribution >= 0.6 is 0 Å². The highest BCUT2D eigenvalue weighted by Gasteiger charge is 2.47. The highest BCUT2D eigenvalue weighted by molar-refractivity contribution is 7.89. The first kappa shape index (κ1) is 28.7. The van der Waals surface area contributed by atoms with Crippen molar-refractivity contribution in [3.63, 3.8) is 0 Å². The Kier molecular flexibility index (Phi) is 7.73. The number of likely N-dealkylation sites (tertiary alicyclic amines) is 1. The Labute approximate surface area is 243 Å². The average molecular weight is 599 g/mol. The molecule has 12 heteroatoms. The van der Waals surface area contributed by atoms with Gasteiger partial charge in [0, 0.05) is 62.4 Å². The Morgan fingerprint density at radius 1 is 1.07 bits per heavy atom. The van der Waals surface area contributed by atoms with E-state index in [0.29, 0.717) is 44.5 Å². The molecule has 2 fully saturated rings. The maximum atomic E-state index is 14.6. The topological polar surface area (TPSA) is 112 Å². The molecule has 1 amide bonds. The number of nitrogens with zero attached hydrogens (tertiary/aromatic N) is 3. The zero-order valence-electron chi connectivity index (χ0n) is 22.9. The van der Waals surface area contributed by atoms with Gasteiger partial charge in [-0.1, -0.05) is 12.1 Å². The predicted octanol–water partition coefficient (Wildman–Crippen LogP) is 3.08. The third-order valence-corrected chi connectivity index (χ3v) is 10.4. The number of aromatic nitrogens is 1. The fourth-order valence-corrected chi connectivity index (χ4v) is 7.89. The molecule has 3 aliphatic heterocycles. The molecule has 1 spiro atoms. The molecule has 3 aromatic rings. The fraction of sp³-hybridized carbons (Fsp3) is 0.400. The molecule has 3 aliphatic rings. The zero-order chi connectivity index (χ0) is 29.5. The third kappa shape index (κ3) is 5.63. The standard InChI is InChI=1S/C30H32F2N4O5S/c31-21-5-6-24(25(32)16-21)20-4-7-28-27(15-20)41-14-10-30(8-12-35(13-9-30)18-22-3-1-2-11-33-22)34-29(38)26-17-23(37)19-36(26)42(28,39)40/h1-7,11,15-16,23,26,37H,8-10,12-14,17-19H2,(H,34,38)/t23-,26+/m1/s1. The summed E-state index contributed by atoms with van der Waals surface area (Å²) in [5.74, 6) is -1.95. The molecule has 0 bridgehead atoms. The van der Waals surface area contributed by atoms with Gasteiger partial charge in [0.15, 0.2) is 0 Å². The second-order valence-electron chi connectivity index (χ2n) is 11.2. The Hall–Kier alpha value is -3.45.